The first-order valence-corrected chi connectivity index (χ1v) is 7.98. The van der Waals surface area contributed by atoms with Gasteiger partial charge in [0, 0.05) is 25.0 Å². The summed E-state index contributed by atoms with van der Waals surface area (Å²) >= 11 is 0. The summed E-state index contributed by atoms with van der Waals surface area (Å²) in [5.74, 6) is 0.432. The van der Waals surface area contributed by atoms with Crippen molar-refractivity contribution in [3.8, 4) is 11.5 Å². The van der Waals surface area contributed by atoms with E-state index >= 15 is 0 Å². The normalized spacial score (nSPS) is 12.9. The molecule has 0 radical (unpaired) electrons. The first-order chi connectivity index (χ1) is 11.4. The molecule has 1 rings (SSSR count). The third-order valence-corrected chi connectivity index (χ3v) is 3.63. The highest BCUT2D eigenvalue weighted by Crippen LogP contribution is 2.28. The second-order valence-electron chi connectivity index (χ2n) is 5.59. The molecule has 0 fully saturated rings. The van der Waals surface area contributed by atoms with Gasteiger partial charge in [-0.15, -0.1) is 0 Å². The molecular formula is C17H27N3O4. The minimum absolute atomic E-state index is 0.0772. The number of ether oxygens (including phenoxy) is 2. The lowest BCUT2D eigenvalue weighted by Crippen LogP contribution is -2.38. The fraction of sp³-hybridized carbons (Fsp3) is 0.529. The van der Waals surface area contributed by atoms with E-state index in [0.29, 0.717) is 24.6 Å². The minimum atomic E-state index is -0.258. The third kappa shape index (κ3) is 6.08. The predicted octanol–water partition coefficient (Wildman–Crippen LogP) is 0.810. The van der Waals surface area contributed by atoms with E-state index in [4.69, 9.17) is 15.2 Å². The van der Waals surface area contributed by atoms with Crippen molar-refractivity contribution in [3.63, 3.8) is 0 Å². The van der Waals surface area contributed by atoms with Gasteiger partial charge in [0.1, 0.15) is 0 Å². The average molecular weight is 337 g/mol. The molecule has 0 aromatic heterocycles. The van der Waals surface area contributed by atoms with Crippen LogP contribution in [0, 0.1) is 5.92 Å². The maximum Gasteiger partial charge on any atom is 0.257 e. The van der Waals surface area contributed by atoms with E-state index in [1.54, 1.807) is 26.0 Å². The molecule has 0 spiro atoms. The number of amides is 2. The van der Waals surface area contributed by atoms with Gasteiger partial charge in [-0.2, -0.15) is 0 Å². The number of nitrogens with two attached hydrogens (primary N) is 1. The van der Waals surface area contributed by atoms with Crippen molar-refractivity contribution in [1.82, 2.24) is 10.6 Å². The van der Waals surface area contributed by atoms with Crippen molar-refractivity contribution < 1.29 is 19.1 Å². The molecule has 0 heterocycles. The van der Waals surface area contributed by atoms with Crippen LogP contribution in [0.25, 0.3) is 0 Å². The molecule has 0 bridgehead atoms. The van der Waals surface area contributed by atoms with E-state index in [-0.39, 0.29) is 30.4 Å². The fourth-order valence-corrected chi connectivity index (χ4v) is 1.92. The van der Waals surface area contributed by atoms with Crippen molar-refractivity contribution >= 4 is 11.8 Å². The zero-order valence-corrected chi connectivity index (χ0v) is 14.7. The number of benzene rings is 1. The van der Waals surface area contributed by atoms with Crippen LogP contribution in [0.15, 0.2) is 18.2 Å². The lowest BCUT2D eigenvalue weighted by molar-refractivity contribution is -0.125. The Labute approximate surface area is 142 Å². The zero-order valence-electron chi connectivity index (χ0n) is 14.7. The smallest absolute Gasteiger partial charge is 0.257 e. The van der Waals surface area contributed by atoms with E-state index in [2.05, 4.69) is 10.6 Å². The summed E-state index contributed by atoms with van der Waals surface area (Å²) in [6, 6.07) is 5.09. The monoisotopic (exact) mass is 337 g/mol. The third-order valence-electron chi connectivity index (χ3n) is 3.63. The van der Waals surface area contributed by atoms with Crippen molar-refractivity contribution in [2.45, 2.75) is 33.4 Å². The summed E-state index contributed by atoms with van der Waals surface area (Å²) < 4.78 is 10.7. The van der Waals surface area contributed by atoms with Gasteiger partial charge in [0.25, 0.3) is 5.91 Å². The number of rotatable bonds is 9. The molecule has 0 aliphatic heterocycles. The van der Waals surface area contributed by atoms with Crippen molar-refractivity contribution in [3.05, 3.63) is 23.8 Å². The summed E-state index contributed by atoms with van der Waals surface area (Å²) in [5.41, 5.74) is 6.58. The Balaban J connectivity index is 2.66. The lowest BCUT2D eigenvalue weighted by Gasteiger charge is -2.16. The summed E-state index contributed by atoms with van der Waals surface area (Å²) in [7, 11) is 1.52. The average Bonchev–Trinajstić information content (AvgIpc) is 2.57. The van der Waals surface area contributed by atoms with Gasteiger partial charge >= 0.3 is 0 Å². The molecule has 0 aliphatic carbocycles. The molecule has 7 nitrogen and oxygen atoms in total. The molecule has 0 aliphatic rings. The number of carbonyl (C=O) groups excluding carboxylic acids is 2. The number of hydrogen-bond acceptors (Lipinski definition) is 5. The SMILES string of the molecule is CCNC(=O)COc1ccc(CNC(=O)C(C)C(C)N)cc1OC. The van der Waals surface area contributed by atoms with Crippen LogP contribution in [0.1, 0.15) is 26.3 Å². The highest BCUT2D eigenvalue weighted by molar-refractivity contribution is 5.79. The number of likely N-dealkylation sites (N-methyl/N-ethyl adjacent to an activating group) is 1. The van der Waals surface area contributed by atoms with E-state index in [9.17, 15) is 9.59 Å². The Hall–Kier alpha value is -2.28. The van der Waals surface area contributed by atoms with Crippen LogP contribution < -0.4 is 25.8 Å². The summed E-state index contributed by atoms with van der Waals surface area (Å²) in [4.78, 5) is 23.4. The summed E-state index contributed by atoms with van der Waals surface area (Å²) in [5, 5.41) is 5.49. The number of nitrogens with one attached hydrogen (secondary N) is 2. The molecule has 1 aromatic rings. The highest BCUT2D eigenvalue weighted by atomic mass is 16.5. The van der Waals surface area contributed by atoms with Crippen LogP contribution in [0.4, 0.5) is 0 Å². The Morgan fingerprint density at radius 3 is 2.50 bits per heavy atom. The molecule has 0 saturated carbocycles. The molecule has 4 N–H and O–H groups in total. The van der Waals surface area contributed by atoms with Crippen LogP contribution in [0.2, 0.25) is 0 Å². The van der Waals surface area contributed by atoms with E-state index in [1.807, 2.05) is 13.0 Å². The van der Waals surface area contributed by atoms with Crippen LogP contribution in [-0.2, 0) is 16.1 Å². The molecule has 2 unspecified atom stereocenters. The largest absolute Gasteiger partial charge is 0.493 e. The summed E-state index contributed by atoms with van der Waals surface area (Å²) in [6.07, 6.45) is 0. The fourth-order valence-electron chi connectivity index (χ4n) is 1.92. The first-order valence-electron chi connectivity index (χ1n) is 7.98. The van der Waals surface area contributed by atoms with Gasteiger partial charge in [0.2, 0.25) is 5.91 Å². The molecule has 0 saturated heterocycles. The standard InChI is InChI=1S/C17H27N3O4/c1-5-19-16(21)10-24-14-7-6-13(8-15(14)23-4)9-20-17(22)11(2)12(3)18/h6-8,11-12H,5,9-10,18H2,1-4H3,(H,19,21)(H,20,22). The first kappa shape index (κ1) is 19.8. The molecule has 24 heavy (non-hydrogen) atoms. The van der Waals surface area contributed by atoms with Crippen LogP contribution in [-0.4, -0.2) is 38.1 Å². The van der Waals surface area contributed by atoms with Gasteiger partial charge in [-0.3, -0.25) is 9.59 Å². The van der Waals surface area contributed by atoms with E-state index in [0.717, 1.165) is 5.56 Å². The van der Waals surface area contributed by atoms with Gasteiger partial charge in [0.05, 0.1) is 7.11 Å². The van der Waals surface area contributed by atoms with Crippen LogP contribution >= 0.6 is 0 Å². The molecule has 7 heteroatoms. The van der Waals surface area contributed by atoms with Gasteiger partial charge < -0.3 is 25.8 Å². The topological polar surface area (TPSA) is 103 Å². The van der Waals surface area contributed by atoms with E-state index in [1.165, 1.54) is 7.11 Å². The minimum Gasteiger partial charge on any atom is -0.493 e. The zero-order chi connectivity index (χ0) is 18.1. The van der Waals surface area contributed by atoms with Crippen molar-refractivity contribution in [2.24, 2.45) is 11.7 Å². The highest BCUT2D eigenvalue weighted by Gasteiger charge is 2.16. The van der Waals surface area contributed by atoms with Crippen LogP contribution in [0.5, 0.6) is 11.5 Å². The lowest BCUT2D eigenvalue weighted by atomic mass is 10.0. The quantitative estimate of drug-likeness (QED) is 0.619. The maximum atomic E-state index is 11.9. The Bertz CT molecular complexity index is 561. The number of methoxy groups -OCH3 is 1. The van der Waals surface area contributed by atoms with Gasteiger partial charge in [-0.05, 0) is 31.5 Å². The van der Waals surface area contributed by atoms with Gasteiger partial charge in [-0.1, -0.05) is 13.0 Å². The molecule has 134 valence electrons. The molecule has 1 aromatic carbocycles. The molecular weight excluding hydrogens is 310 g/mol. The number of hydrogen-bond donors (Lipinski definition) is 3. The predicted molar refractivity (Wildman–Crippen MR) is 91.8 cm³/mol. The molecule has 2 amide bonds. The second-order valence-corrected chi connectivity index (χ2v) is 5.59. The van der Waals surface area contributed by atoms with Crippen molar-refractivity contribution in [1.29, 1.82) is 0 Å². The van der Waals surface area contributed by atoms with E-state index < -0.39 is 0 Å². The maximum absolute atomic E-state index is 11.9. The Kier molecular flexibility index (Phi) is 8.05. The Morgan fingerprint density at radius 2 is 1.92 bits per heavy atom. The van der Waals surface area contributed by atoms with Crippen molar-refractivity contribution in [2.75, 3.05) is 20.3 Å². The Morgan fingerprint density at radius 1 is 1.21 bits per heavy atom. The van der Waals surface area contributed by atoms with Crippen LogP contribution in [0.3, 0.4) is 0 Å². The second kappa shape index (κ2) is 9.77. The van der Waals surface area contributed by atoms with Gasteiger partial charge in [0.15, 0.2) is 18.1 Å². The van der Waals surface area contributed by atoms with Gasteiger partial charge in [-0.25, -0.2) is 0 Å². The summed E-state index contributed by atoms with van der Waals surface area (Å²) in [6.45, 7) is 6.27. The molecule has 2 atom stereocenters. The number of carbonyl (C=O) groups is 2.